The van der Waals surface area contributed by atoms with Gasteiger partial charge in [0.1, 0.15) is 19.0 Å². The highest BCUT2D eigenvalue weighted by Crippen LogP contribution is 2.15. The van der Waals surface area contributed by atoms with Crippen LogP contribution in [0.25, 0.3) is 0 Å². The predicted molar refractivity (Wildman–Crippen MR) is 95.2 cm³/mol. The molecule has 3 heteroatoms. The molecule has 0 spiro atoms. The third-order valence-electron chi connectivity index (χ3n) is 3.49. The first kappa shape index (κ1) is 17.1. The van der Waals surface area contributed by atoms with Crippen molar-refractivity contribution in [3.8, 4) is 5.75 Å². The standard InChI is InChI=1S/C20H25NO2/c1-2-3-7-15-23-21-14-16-22-20-12-10-19(11-13-20)17-18-8-5-4-6-9-18/h4-6,8-14H,2-3,7,15-17H2,1H3/b21-14+. The van der Waals surface area contributed by atoms with E-state index in [1.54, 1.807) is 6.21 Å². The molecule has 0 heterocycles. The van der Waals surface area contributed by atoms with Gasteiger partial charge in [-0.1, -0.05) is 67.4 Å². The lowest BCUT2D eigenvalue weighted by molar-refractivity contribution is 0.140. The molecule has 0 amide bonds. The van der Waals surface area contributed by atoms with Crippen molar-refractivity contribution in [2.75, 3.05) is 13.2 Å². The van der Waals surface area contributed by atoms with E-state index in [1.165, 1.54) is 24.0 Å². The van der Waals surface area contributed by atoms with Crippen LogP contribution in [-0.4, -0.2) is 19.4 Å². The molecule has 0 aliphatic carbocycles. The van der Waals surface area contributed by atoms with Gasteiger partial charge >= 0.3 is 0 Å². The molecule has 0 radical (unpaired) electrons. The average Bonchev–Trinajstić information content (AvgIpc) is 2.60. The minimum absolute atomic E-state index is 0.422. The molecule has 2 aromatic carbocycles. The van der Waals surface area contributed by atoms with Gasteiger partial charge in [0.2, 0.25) is 0 Å². The lowest BCUT2D eigenvalue weighted by Gasteiger charge is -2.05. The van der Waals surface area contributed by atoms with Gasteiger partial charge in [0.15, 0.2) is 0 Å². The first-order valence-electron chi connectivity index (χ1n) is 8.28. The van der Waals surface area contributed by atoms with Crippen LogP contribution in [-0.2, 0) is 11.3 Å². The topological polar surface area (TPSA) is 30.8 Å². The molecular formula is C20H25NO2. The first-order valence-corrected chi connectivity index (χ1v) is 8.28. The van der Waals surface area contributed by atoms with E-state index in [2.05, 4.69) is 48.5 Å². The molecule has 0 unspecified atom stereocenters. The maximum Gasteiger partial charge on any atom is 0.127 e. The monoisotopic (exact) mass is 311 g/mol. The van der Waals surface area contributed by atoms with Crippen LogP contribution in [0.15, 0.2) is 59.8 Å². The SMILES string of the molecule is CCCCCO/N=C/COc1ccc(Cc2ccccc2)cc1. The molecule has 0 aliphatic heterocycles. The van der Waals surface area contributed by atoms with Gasteiger partial charge in [0, 0.05) is 0 Å². The van der Waals surface area contributed by atoms with Crippen LogP contribution in [0.3, 0.4) is 0 Å². The summed E-state index contributed by atoms with van der Waals surface area (Å²) < 4.78 is 5.61. The molecule has 122 valence electrons. The Balaban J connectivity index is 1.68. The van der Waals surface area contributed by atoms with Crippen LogP contribution in [0.5, 0.6) is 5.75 Å². The Hall–Kier alpha value is -2.29. The lowest BCUT2D eigenvalue weighted by Crippen LogP contribution is -1.99. The Bertz CT molecular complexity index is 564. The Kier molecular flexibility index (Phi) is 7.75. The van der Waals surface area contributed by atoms with Crippen molar-refractivity contribution in [2.45, 2.75) is 32.6 Å². The molecular weight excluding hydrogens is 286 g/mol. The van der Waals surface area contributed by atoms with Crippen LogP contribution in [0.4, 0.5) is 0 Å². The molecule has 0 N–H and O–H groups in total. The molecule has 0 saturated carbocycles. The van der Waals surface area contributed by atoms with Gasteiger partial charge < -0.3 is 9.57 Å². The van der Waals surface area contributed by atoms with Crippen molar-refractivity contribution in [1.29, 1.82) is 0 Å². The van der Waals surface area contributed by atoms with Crippen LogP contribution in [0, 0.1) is 0 Å². The number of benzene rings is 2. The van der Waals surface area contributed by atoms with E-state index in [1.807, 2.05) is 18.2 Å². The van der Waals surface area contributed by atoms with E-state index in [0.29, 0.717) is 13.2 Å². The Morgan fingerprint density at radius 1 is 0.913 bits per heavy atom. The van der Waals surface area contributed by atoms with E-state index in [9.17, 15) is 0 Å². The van der Waals surface area contributed by atoms with Gasteiger partial charge in [0.25, 0.3) is 0 Å². The summed E-state index contributed by atoms with van der Waals surface area (Å²) in [5.41, 5.74) is 2.59. The number of nitrogens with zero attached hydrogens (tertiary/aromatic N) is 1. The molecule has 0 aliphatic rings. The van der Waals surface area contributed by atoms with Gasteiger partial charge in [-0.3, -0.25) is 0 Å². The van der Waals surface area contributed by atoms with Crippen molar-refractivity contribution in [3.63, 3.8) is 0 Å². The highest BCUT2D eigenvalue weighted by atomic mass is 16.6. The fourth-order valence-corrected chi connectivity index (χ4v) is 2.22. The quantitative estimate of drug-likeness (QED) is 0.357. The zero-order valence-corrected chi connectivity index (χ0v) is 13.8. The minimum atomic E-state index is 0.422. The minimum Gasteiger partial charge on any atom is -0.488 e. The summed E-state index contributed by atoms with van der Waals surface area (Å²) in [6.45, 7) is 3.27. The number of hydrogen-bond donors (Lipinski definition) is 0. The van der Waals surface area contributed by atoms with E-state index in [4.69, 9.17) is 9.57 Å². The second-order valence-electron chi connectivity index (χ2n) is 5.45. The number of ether oxygens (including phenoxy) is 1. The van der Waals surface area contributed by atoms with Crippen LogP contribution in [0.1, 0.15) is 37.3 Å². The Morgan fingerprint density at radius 2 is 1.65 bits per heavy atom. The lowest BCUT2D eigenvalue weighted by atomic mass is 10.1. The third-order valence-corrected chi connectivity index (χ3v) is 3.49. The summed E-state index contributed by atoms with van der Waals surface area (Å²) in [7, 11) is 0. The summed E-state index contributed by atoms with van der Waals surface area (Å²) in [6.07, 6.45) is 6.02. The second-order valence-corrected chi connectivity index (χ2v) is 5.45. The van der Waals surface area contributed by atoms with E-state index in [-0.39, 0.29) is 0 Å². The smallest absolute Gasteiger partial charge is 0.127 e. The highest BCUT2D eigenvalue weighted by Gasteiger charge is 1.97. The summed E-state index contributed by atoms with van der Waals surface area (Å²) in [6, 6.07) is 18.6. The zero-order valence-electron chi connectivity index (χ0n) is 13.8. The van der Waals surface area contributed by atoms with Gasteiger partial charge in [-0.15, -0.1) is 0 Å². The summed E-state index contributed by atoms with van der Waals surface area (Å²) >= 11 is 0. The van der Waals surface area contributed by atoms with Gasteiger partial charge in [-0.2, -0.15) is 0 Å². The maximum absolute atomic E-state index is 5.61. The van der Waals surface area contributed by atoms with Crippen molar-refractivity contribution in [1.82, 2.24) is 0 Å². The maximum atomic E-state index is 5.61. The molecule has 2 rings (SSSR count). The summed E-state index contributed by atoms with van der Waals surface area (Å²) in [5, 5.41) is 3.88. The van der Waals surface area contributed by atoms with Crippen LogP contribution >= 0.6 is 0 Å². The molecule has 2 aromatic rings. The molecule has 0 aromatic heterocycles. The van der Waals surface area contributed by atoms with E-state index >= 15 is 0 Å². The van der Waals surface area contributed by atoms with Crippen molar-refractivity contribution in [2.24, 2.45) is 5.16 Å². The summed E-state index contributed by atoms with van der Waals surface area (Å²) in [4.78, 5) is 5.15. The molecule has 0 fully saturated rings. The Labute approximate surface area is 138 Å². The number of oxime groups is 1. The van der Waals surface area contributed by atoms with Gasteiger partial charge in [-0.25, -0.2) is 0 Å². The molecule has 23 heavy (non-hydrogen) atoms. The second kappa shape index (κ2) is 10.4. The molecule has 0 bridgehead atoms. The highest BCUT2D eigenvalue weighted by molar-refractivity contribution is 5.58. The Morgan fingerprint density at radius 3 is 2.39 bits per heavy atom. The number of hydrogen-bond acceptors (Lipinski definition) is 3. The van der Waals surface area contributed by atoms with Crippen molar-refractivity contribution in [3.05, 3.63) is 65.7 Å². The predicted octanol–water partition coefficient (Wildman–Crippen LogP) is 4.85. The van der Waals surface area contributed by atoms with Crippen molar-refractivity contribution >= 4 is 6.21 Å². The number of rotatable bonds is 10. The fraction of sp³-hybridized carbons (Fsp3) is 0.350. The summed E-state index contributed by atoms with van der Waals surface area (Å²) in [5.74, 6) is 0.847. The van der Waals surface area contributed by atoms with Gasteiger partial charge in [0.05, 0.1) is 6.21 Å². The van der Waals surface area contributed by atoms with Crippen LogP contribution in [0.2, 0.25) is 0 Å². The van der Waals surface area contributed by atoms with Crippen molar-refractivity contribution < 1.29 is 9.57 Å². The largest absolute Gasteiger partial charge is 0.488 e. The zero-order chi connectivity index (χ0) is 16.2. The van der Waals surface area contributed by atoms with E-state index in [0.717, 1.165) is 18.6 Å². The fourth-order valence-electron chi connectivity index (χ4n) is 2.22. The normalized spacial score (nSPS) is 10.8. The average molecular weight is 311 g/mol. The van der Waals surface area contributed by atoms with Gasteiger partial charge in [-0.05, 0) is 36.1 Å². The van der Waals surface area contributed by atoms with Crippen LogP contribution < -0.4 is 4.74 Å². The number of unbranched alkanes of at least 4 members (excludes halogenated alkanes) is 2. The third kappa shape index (κ3) is 7.00. The molecule has 3 nitrogen and oxygen atoms in total. The molecule has 0 saturated heterocycles. The first-order chi connectivity index (χ1) is 11.4. The van der Waals surface area contributed by atoms with E-state index < -0.39 is 0 Å². The molecule has 0 atom stereocenters.